The molecule has 2 aromatic carbocycles. The molecule has 0 aliphatic carbocycles. The SMILES string of the molecule is CCc1cc(C)c(C2CN(c3c(Cl)cccc3Cl)C2)cc1C. The monoisotopic (exact) mass is 333 g/mol. The van der Waals surface area contributed by atoms with Crippen LogP contribution in [0.4, 0.5) is 5.69 Å². The average Bonchev–Trinajstić information content (AvgIpc) is 2.43. The number of halogens is 2. The summed E-state index contributed by atoms with van der Waals surface area (Å²) in [6, 6.07) is 10.4. The van der Waals surface area contributed by atoms with Gasteiger partial charge in [0.1, 0.15) is 0 Å². The Bertz CT molecular complexity index is 683. The molecular formula is C19H21Cl2N. The van der Waals surface area contributed by atoms with Crippen LogP contribution in [0.5, 0.6) is 0 Å². The van der Waals surface area contributed by atoms with Crippen molar-refractivity contribution in [2.75, 3.05) is 18.0 Å². The molecule has 0 amide bonds. The quantitative estimate of drug-likeness (QED) is 0.688. The average molecular weight is 334 g/mol. The van der Waals surface area contributed by atoms with Crippen LogP contribution >= 0.6 is 23.2 Å². The van der Waals surface area contributed by atoms with Crippen LogP contribution < -0.4 is 4.90 Å². The van der Waals surface area contributed by atoms with Gasteiger partial charge < -0.3 is 4.90 Å². The van der Waals surface area contributed by atoms with Crippen molar-refractivity contribution >= 4 is 28.9 Å². The Labute approximate surface area is 142 Å². The summed E-state index contributed by atoms with van der Waals surface area (Å²) in [6.45, 7) is 8.61. The minimum Gasteiger partial charge on any atom is -0.368 e. The van der Waals surface area contributed by atoms with Crippen LogP contribution in [-0.2, 0) is 6.42 Å². The van der Waals surface area contributed by atoms with E-state index in [9.17, 15) is 0 Å². The van der Waals surface area contributed by atoms with Crippen molar-refractivity contribution in [3.63, 3.8) is 0 Å². The fourth-order valence-corrected chi connectivity index (χ4v) is 4.00. The summed E-state index contributed by atoms with van der Waals surface area (Å²) >= 11 is 12.6. The topological polar surface area (TPSA) is 3.24 Å². The number of benzene rings is 2. The lowest BCUT2D eigenvalue weighted by Crippen LogP contribution is -2.45. The molecule has 0 unspecified atom stereocenters. The molecule has 0 radical (unpaired) electrons. The highest BCUT2D eigenvalue weighted by atomic mass is 35.5. The summed E-state index contributed by atoms with van der Waals surface area (Å²) in [6.07, 6.45) is 1.10. The van der Waals surface area contributed by atoms with Crippen molar-refractivity contribution in [3.05, 3.63) is 62.6 Å². The zero-order valence-corrected chi connectivity index (χ0v) is 14.8. The molecule has 1 fully saturated rings. The van der Waals surface area contributed by atoms with Crippen LogP contribution in [0, 0.1) is 13.8 Å². The highest BCUT2D eigenvalue weighted by Gasteiger charge is 2.31. The first kappa shape index (κ1) is 15.7. The van der Waals surface area contributed by atoms with E-state index in [0.29, 0.717) is 5.92 Å². The maximum absolute atomic E-state index is 6.30. The maximum atomic E-state index is 6.30. The fraction of sp³-hybridized carbons (Fsp3) is 0.368. The summed E-state index contributed by atoms with van der Waals surface area (Å²) in [5.41, 5.74) is 6.69. The van der Waals surface area contributed by atoms with Crippen molar-refractivity contribution in [1.82, 2.24) is 0 Å². The zero-order valence-electron chi connectivity index (χ0n) is 13.3. The van der Waals surface area contributed by atoms with Crippen LogP contribution in [-0.4, -0.2) is 13.1 Å². The molecule has 0 aromatic heterocycles. The van der Waals surface area contributed by atoms with Crippen LogP contribution in [0.25, 0.3) is 0 Å². The first-order chi connectivity index (χ1) is 10.5. The summed E-state index contributed by atoms with van der Waals surface area (Å²) in [4.78, 5) is 2.28. The Morgan fingerprint density at radius 3 is 2.27 bits per heavy atom. The first-order valence-corrected chi connectivity index (χ1v) is 8.55. The van der Waals surface area contributed by atoms with Gasteiger partial charge in [0.25, 0.3) is 0 Å². The van der Waals surface area contributed by atoms with Crippen molar-refractivity contribution in [1.29, 1.82) is 0 Å². The van der Waals surface area contributed by atoms with Crippen LogP contribution in [0.3, 0.4) is 0 Å². The van der Waals surface area contributed by atoms with Crippen LogP contribution in [0.15, 0.2) is 30.3 Å². The minimum atomic E-state index is 0.567. The van der Waals surface area contributed by atoms with Gasteiger partial charge in [-0.15, -0.1) is 0 Å². The van der Waals surface area contributed by atoms with Gasteiger partial charge in [-0.05, 0) is 54.7 Å². The van der Waals surface area contributed by atoms with Crippen LogP contribution in [0.1, 0.15) is 35.1 Å². The van der Waals surface area contributed by atoms with Crippen molar-refractivity contribution in [2.45, 2.75) is 33.1 Å². The molecule has 1 aliphatic heterocycles. The largest absolute Gasteiger partial charge is 0.368 e. The van der Waals surface area contributed by atoms with E-state index in [-0.39, 0.29) is 0 Å². The van der Waals surface area contributed by atoms with Gasteiger partial charge in [-0.2, -0.15) is 0 Å². The summed E-state index contributed by atoms with van der Waals surface area (Å²) < 4.78 is 0. The second kappa shape index (κ2) is 6.14. The molecule has 1 saturated heterocycles. The van der Waals surface area contributed by atoms with E-state index >= 15 is 0 Å². The Morgan fingerprint density at radius 1 is 1.05 bits per heavy atom. The smallest absolute Gasteiger partial charge is 0.0745 e. The number of hydrogen-bond donors (Lipinski definition) is 0. The molecular weight excluding hydrogens is 313 g/mol. The molecule has 3 rings (SSSR count). The number of anilines is 1. The number of aryl methyl sites for hydroxylation is 3. The van der Waals surface area contributed by atoms with Gasteiger partial charge in [-0.25, -0.2) is 0 Å². The predicted molar refractivity (Wildman–Crippen MR) is 96.7 cm³/mol. The van der Waals surface area contributed by atoms with Gasteiger partial charge >= 0.3 is 0 Å². The van der Waals surface area contributed by atoms with E-state index in [1.165, 1.54) is 22.3 Å². The predicted octanol–water partition coefficient (Wildman–Crippen LogP) is 5.78. The van der Waals surface area contributed by atoms with Crippen molar-refractivity contribution in [2.24, 2.45) is 0 Å². The second-order valence-corrected chi connectivity index (χ2v) is 6.98. The maximum Gasteiger partial charge on any atom is 0.0745 e. The third-order valence-corrected chi connectivity index (χ3v) is 5.29. The number of para-hydroxylation sites is 1. The van der Waals surface area contributed by atoms with Gasteiger partial charge in [-0.1, -0.05) is 48.3 Å². The van der Waals surface area contributed by atoms with Gasteiger partial charge in [0.15, 0.2) is 0 Å². The molecule has 3 heteroatoms. The lowest BCUT2D eigenvalue weighted by atomic mass is 9.85. The number of rotatable bonds is 3. The van der Waals surface area contributed by atoms with Crippen molar-refractivity contribution in [3.8, 4) is 0 Å². The minimum absolute atomic E-state index is 0.567. The fourth-order valence-electron chi connectivity index (χ4n) is 3.37. The summed E-state index contributed by atoms with van der Waals surface area (Å²) in [5, 5.41) is 1.47. The van der Waals surface area contributed by atoms with E-state index in [1.54, 1.807) is 0 Å². The second-order valence-electron chi connectivity index (χ2n) is 6.16. The van der Waals surface area contributed by atoms with E-state index in [2.05, 4.69) is 37.8 Å². The molecule has 116 valence electrons. The van der Waals surface area contributed by atoms with Gasteiger partial charge in [0.05, 0.1) is 15.7 Å². The molecule has 2 aromatic rings. The molecule has 0 bridgehead atoms. The summed E-state index contributed by atoms with van der Waals surface area (Å²) in [7, 11) is 0. The first-order valence-electron chi connectivity index (χ1n) is 7.80. The van der Waals surface area contributed by atoms with E-state index in [0.717, 1.165) is 35.2 Å². The Morgan fingerprint density at radius 2 is 1.68 bits per heavy atom. The standard InChI is InChI=1S/C19H21Cl2N/c1-4-14-8-13(3)16(9-12(14)2)15-10-22(11-15)19-17(20)6-5-7-18(19)21/h5-9,15H,4,10-11H2,1-3H3. The van der Waals surface area contributed by atoms with Crippen molar-refractivity contribution < 1.29 is 0 Å². The lowest BCUT2D eigenvalue weighted by molar-refractivity contribution is 0.523. The normalized spacial score (nSPS) is 15.0. The Kier molecular flexibility index (Phi) is 4.38. The van der Waals surface area contributed by atoms with Gasteiger partial charge in [-0.3, -0.25) is 0 Å². The molecule has 0 saturated carbocycles. The third-order valence-electron chi connectivity index (χ3n) is 4.68. The Hall–Kier alpha value is -1.18. The van der Waals surface area contributed by atoms with Gasteiger partial charge in [0, 0.05) is 19.0 Å². The summed E-state index contributed by atoms with van der Waals surface area (Å²) in [5.74, 6) is 0.567. The number of hydrogen-bond acceptors (Lipinski definition) is 1. The highest BCUT2D eigenvalue weighted by molar-refractivity contribution is 6.39. The highest BCUT2D eigenvalue weighted by Crippen LogP contribution is 2.40. The van der Waals surface area contributed by atoms with E-state index in [4.69, 9.17) is 23.2 Å². The third kappa shape index (κ3) is 2.73. The molecule has 1 heterocycles. The molecule has 22 heavy (non-hydrogen) atoms. The van der Waals surface area contributed by atoms with Crippen LogP contribution in [0.2, 0.25) is 10.0 Å². The molecule has 1 nitrogen and oxygen atoms in total. The van der Waals surface area contributed by atoms with E-state index in [1.807, 2.05) is 18.2 Å². The van der Waals surface area contributed by atoms with E-state index < -0.39 is 0 Å². The van der Waals surface area contributed by atoms with Gasteiger partial charge in [0.2, 0.25) is 0 Å². The molecule has 0 spiro atoms. The lowest BCUT2D eigenvalue weighted by Gasteiger charge is -2.43. The molecule has 1 aliphatic rings. The zero-order chi connectivity index (χ0) is 15.9. The molecule has 0 N–H and O–H groups in total. The Balaban J connectivity index is 1.81. The molecule has 0 atom stereocenters. The number of nitrogens with zero attached hydrogens (tertiary/aromatic N) is 1.